The van der Waals surface area contributed by atoms with E-state index in [2.05, 4.69) is 0 Å². The number of benzene rings is 3. The molecule has 0 amide bonds. The molecule has 105 valence electrons. The van der Waals surface area contributed by atoms with Crippen LogP contribution in [0.15, 0.2) is 48.5 Å². The molecule has 0 bridgehead atoms. The Bertz CT molecular complexity index is 821. The Labute approximate surface area is 122 Å². The lowest BCUT2D eigenvalue weighted by atomic mass is 10.0. The maximum absolute atomic E-state index is 12.2. The number of fused-ring (bicyclic) bond motifs is 2. The Morgan fingerprint density at radius 3 is 2.43 bits per heavy atom. The average Bonchev–Trinajstić information content (AvgIpc) is 2.50. The maximum Gasteiger partial charge on any atom is 0.338 e. The van der Waals surface area contributed by atoms with Crippen LogP contribution in [0.4, 0.5) is 0 Å². The van der Waals surface area contributed by atoms with Gasteiger partial charge in [-0.15, -0.1) is 0 Å². The monoisotopic (exact) mass is 279 g/mol. The van der Waals surface area contributed by atoms with Crippen molar-refractivity contribution in [1.29, 1.82) is 0 Å². The van der Waals surface area contributed by atoms with E-state index in [4.69, 9.17) is 4.74 Å². The van der Waals surface area contributed by atoms with E-state index >= 15 is 0 Å². The SMILES string of the molecule is CCCOC(=O)c1cc([O])c2cc3ccccc3cc2c1. The fraction of sp³-hybridized carbons (Fsp3) is 0.167. The lowest BCUT2D eigenvalue weighted by Gasteiger charge is -2.07. The predicted octanol–water partition coefficient (Wildman–Crippen LogP) is 4.70. The number of carbonyl (C=O) groups excluding carboxylic acids is 1. The molecule has 0 heterocycles. The van der Waals surface area contributed by atoms with Crippen LogP contribution in [0.1, 0.15) is 23.7 Å². The molecule has 0 unspecified atom stereocenters. The van der Waals surface area contributed by atoms with Gasteiger partial charge in [0.05, 0.1) is 12.2 Å². The molecule has 3 heteroatoms. The summed E-state index contributed by atoms with van der Waals surface area (Å²) in [6.07, 6.45) is 0.758. The van der Waals surface area contributed by atoms with Crippen LogP contribution in [0.2, 0.25) is 0 Å². The van der Waals surface area contributed by atoms with Crippen molar-refractivity contribution < 1.29 is 14.6 Å². The summed E-state index contributed by atoms with van der Waals surface area (Å²) in [6, 6.07) is 14.7. The second kappa shape index (κ2) is 5.44. The van der Waals surface area contributed by atoms with E-state index in [0.717, 1.165) is 22.6 Å². The van der Waals surface area contributed by atoms with Gasteiger partial charge in [0.15, 0.2) is 5.75 Å². The lowest BCUT2D eigenvalue weighted by Crippen LogP contribution is -2.05. The molecule has 0 aromatic heterocycles. The van der Waals surface area contributed by atoms with Crippen LogP contribution >= 0.6 is 0 Å². The molecular formula is C18H15O3. The van der Waals surface area contributed by atoms with E-state index in [9.17, 15) is 9.90 Å². The van der Waals surface area contributed by atoms with E-state index in [1.54, 1.807) is 6.07 Å². The van der Waals surface area contributed by atoms with Crippen LogP contribution in [-0.2, 0) is 9.84 Å². The Balaban J connectivity index is 2.14. The summed E-state index contributed by atoms with van der Waals surface area (Å²) in [5, 5.41) is 15.7. The predicted molar refractivity (Wildman–Crippen MR) is 82.2 cm³/mol. The minimum Gasteiger partial charge on any atom is -0.462 e. The summed E-state index contributed by atoms with van der Waals surface area (Å²) in [4.78, 5) is 11.9. The first-order chi connectivity index (χ1) is 10.2. The van der Waals surface area contributed by atoms with Crippen LogP contribution in [-0.4, -0.2) is 12.6 Å². The largest absolute Gasteiger partial charge is 0.462 e. The van der Waals surface area contributed by atoms with Crippen LogP contribution in [0.5, 0.6) is 5.75 Å². The minimum absolute atomic E-state index is 0.151. The van der Waals surface area contributed by atoms with Gasteiger partial charge < -0.3 is 4.74 Å². The van der Waals surface area contributed by atoms with Crippen molar-refractivity contribution in [2.24, 2.45) is 0 Å². The van der Waals surface area contributed by atoms with Crippen molar-refractivity contribution in [3.05, 3.63) is 54.1 Å². The van der Waals surface area contributed by atoms with Crippen molar-refractivity contribution in [1.82, 2.24) is 0 Å². The normalized spacial score (nSPS) is 10.9. The zero-order chi connectivity index (χ0) is 14.8. The van der Waals surface area contributed by atoms with Gasteiger partial charge in [0.1, 0.15) is 0 Å². The Hall–Kier alpha value is -2.55. The zero-order valence-electron chi connectivity index (χ0n) is 11.8. The minimum atomic E-state index is -0.441. The number of ether oxygens (including phenoxy) is 1. The molecule has 3 aromatic carbocycles. The fourth-order valence-electron chi connectivity index (χ4n) is 2.41. The molecule has 0 spiro atoms. The van der Waals surface area contributed by atoms with Gasteiger partial charge in [0.2, 0.25) is 0 Å². The zero-order valence-corrected chi connectivity index (χ0v) is 11.8. The highest BCUT2D eigenvalue weighted by atomic mass is 16.5. The van der Waals surface area contributed by atoms with Gasteiger partial charge in [-0.1, -0.05) is 31.2 Å². The van der Waals surface area contributed by atoms with E-state index in [1.165, 1.54) is 6.07 Å². The molecule has 0 aliphatic carbocycles. The van der Waals surface area contributed by atoms with Gasteiger partial charge in [-0.2, -0.15) is 0 Å². The first-order valence-corrected chi connectivity index (χ1v) is 6.99. The lowest BCUT2D eigenvalue weighted by molar-refractivity contribution is 0.0504. The third-order valence-corrected chi connectivity index (χ3v) is 3.45. The number of carbonyl (C=O) groups is 1. The van der Waals surface area contributed by atoms with Crippen molar-refractivity contribution in [2.75, 3.05) is 6.61 Å². The number of hydrogen-bond donors (Lipinski definition) is 0. The van der Waals surface area contributed by atoms with Crippen LogP contribution in [0, 0.1) is 0 Å². The number of esters is 1. The van der Waals surface area contributed by atoms with Gasteiger partial charge >= 0.3 is 5.97 Å². The summed E-state index contributed by atoms with van der Waals surface area (Å²) in [5.41, 5.74) is 0.316. The topological polar surface area (TPSA) is 46.2 Å². The van der Waals surface area contributed by atoms with Gasteiger partial charge in [0.25, 0.3) is 0 Å². The summed E-state index contributed by atoms with van der Waals surface area (Å²) in [7, 11) is 0. The molecule has 1 radical (unpaired) electrons. The molecule has 3 aromatic rings. The highest BCUT2D eigenvalue weighted by Gasteiger charge is 2.12. The Morgan fingerprint density at radius 1 is 1.00 bits per heavy atom. The number of hydrogen-bond acceptors (Lipinski definition) is 2. The molecule has 21 heavy (non-hydrogen) atoms. The Morgan fingerprint density at radius 2 is 1.71 bits per heavy atom. The van der Waals surface area contributed by atoms with Crippen molar-refractivity contribution in [3.8, 4) is 5.75 Å². The Kier molecular flexibility index (Phi) is 3.48. The first kappa shape index (κ1) is 13.4. The standard InChI is InChI=1S/C18H15O3/c1-2-7-21-18(20)15-9-14-8-12-5-3-4-6-13(12)10-16(14)17(19)11-15/h3-6,8-11H,2,7H2,1H3. The fourth-order valence-corrected chi connectivity index (χ4v) is 2.41. The average molecular weight is 279 g/mol. The molecule has 0 saturated heterocycles. The number of rotatable bonds is 3. The van der Waals surface area contributed by atoms with Crippen molar-refractivity contribution in [3.63, 3.8) is 0 Å². The van der Waals surface area contributed by atoms with E-state index in [0.29, 0.717) is 17.6 Å². The summed E-state index contributed by atoms with van der Waals surface area (Å²) in [6.45, 7) is 2.29. The first-order valence-electron chi connectivity index (χ1n) is 6.99. The van der Waals surface area contributed by atoms with Gasteiger partial charge in [0, 0.05) is 11.5 Å². The summed E-state index contributed by atoms with van der Waals surface area (Å²) >= 11 is 0. The third-order valence-electron chi connectivity index (χ3n) is 3.45. The third kappa shape index (κ3) is 2.55. The molecular weight excluding hydrogens is 264 g/mol. The van der Waals surface area contributed by atoms with Crippen molar-refractivity contribution in [2.45, 2.75) is 13.3 Å². The van der Waals surface area contributed by atoms with Gasteiger partial charge in [-0.3, -0.25) is 5.11 Å². The smallest absolute Gasteiger partial charge is 0.338 e. The van der Waals surface area contributed by atoms with Crippen LogP contribution in [0.3, 0.4) is 0 Å². The highest BCUT2D eigenvalue weighted by molar-refractivity contribution is 6.04. The second-order valence-corrected chi connectivity index (χ2v) is 5.03. The molecule has 0 atom stereocenters. The highest BCUT2D eigenvalue weighted by Crippen LogP contribution is 2.31. The molecule has 0 aliphatic rings. The molecule has 3 nitrogen and oxygen atoms in total. The molecule has 0 N–H and O–H groups in total. The van der Waals surface area contributed by atoms with Crippen LogP contribution in [0.25, 0.3) is 21.5 Å². The second-order valence-electron chi connectivity index (χ2n) is 5.03. The summed E-state index contributed by atoms with van der Waals surface area (Å²) < 4.78 is 5.09. The maximum atomic E-state index is 12.2. The van der Waals surface area contributed by atoms with E-state index in [1.807, 2.05) is 43.3 Å². The van der Waals surface area contributed by atoms with Gasteiger partial charge in [-0.05, 0) is 40.8 Å². The van der Waals surface area contributed by atoms with Crippen molar-refractivity contribution >= 4 is 27.5 Å². The summed E-state index contributed by atoms with van der Waals surface area (Å²) in [5.74, 6) is -0.592. The molecule has 0 aliphatic heterocycles. The molecule has 0 fully saturated rings. The van der Waals surface area contributed by atoms with E-state index < -0.39 is 5.97 Å². The van der Waals surface area contributed by atoms with Gasteiger partial charge in [-0.25, -0.2) is 4.79 Å². The van der Waals surface area contributed by atoms with Crippen LogP contribution < -0.4 is 0 Å². The molecule has 0 saturated carbocycles. The quantitative estimate of drug-likeness (QED) is 0.515. The van der Waals surface area contributed by atoms with E-state index in [-0.39, 0.29) is 5.75 Å². The molecule has 3 rings (SSSR count).